The van der Waals surface area contributed by atoms with Crippen LogP contribution in [-0.4, -0.2) is 19.2 Å². The zero-order valence-electron chi connectivity index (χ0n) is 20.9. The maximum absolute atomic E-state index is 12.2. The average Bonchev–Trinajstić information content (AvgIpc) is 2.81. The first-order valence-corrected chi connectivity index (χ1v) is 12.3. The van der Waals surface area contributed by atoms with Crippen molar-refractivity contribution in [2.24, 2.45) is 5.92 Å². The summed E-state index contributed by atoms with van der Waals surface area (Å²) >= 11 is 0. The average molecular weight is 442 g/mol. The fourth-order valence-electron chi connectivity index (χ4n) is 5.56. The topological polar surface area (TPSA) is 23.5 Å². The molecule has 2 heteroatoms. The second kappa shape index (κ2) is 9.35. The molecule has 0 saturated heterocycles. The van der Waals surface area contributed by atoms with Crippen molar-refractivity contribution >= 4 is 5.69 Å². The number of hydrogen-bond donors (Lipinski definition) is 1. The van der Waals surface area contributed by atoms with Gasteiger partial charge in [0.1, 0.15) is 0 Å². The highest BCUT2D eigenvalue weighted by molar-refractivity contribution is 5.53. The Morgan fingerprint density at radius 2 is 1.52 bits per heavy atom. The molecule has 2 nitrogen and oxygen atoms in total. The summed E-state index contributed by atoms with van der Waals surface area (Å²) in [7, 11) is 4.20. The summed E-state index contributed by atoms with van der Waals surface area (Å²) in [6, 6.07) is 28.3. The monoisotopic (exact) mass is 441 g/mol. The smallest absolute Gasteiger partial charge is 0.0928 e. The largest absolute Gasteiger partial charge is 0.385 e. The molecule has 0 amide bonds. The molecule has 0 heterocycles. The zero-order valence-corrected chi connectivity index (χ0v) is 20.9. The van der Waals surface area contributed by atoms with Gasteiger partial charge in [0.15, 0.2) is 0 Å². The minimum Gasteiger partial charge on any atom is -0.385 e. The summed E-state index contributed by atoms with van der Waals surface area (Å²) in [6.45, 7) is 6.72. The zero-order chi connectivity index (χ0) is 23.6. The van der Waals surface area contributed by atoms with Crippen molar-refractivity contribution in [2.45, 2.75) is 63.4 Å². The van der Waals surface area contributed by atoms with Gasteiger partial charge in [0.2, 0.25) is 0 Å². The van der Waals surface area contributed by atoms with E-state index >= 15 is 0 Å². The van der Waals surface area contributed by atoms with E-state index in [4.69, 9.17) is 0 Å². The highest BCUT2D eigenvalue weighted by Gasteiger charge is 2.43. The molecule has 3 unspecified atom stereocenters. The van der Waals surface area contributed by atoms with E-state index in [2.05, 4.69) is 119 Å². The Morgan fingerprint density at radius 3 is 2.15 bits per heavy atom. The fraction of sp³-hybridized carbons (Fsp3) is 0.419. The van der Waals surface area contributed by atoms with Gasteiger partial charge in [0, 0.05) is 19.8 Å². The third kappa shape index (κ3) is 5.01. The third-order valence-corrected chi connectivity index (χ3v) is 7.58. The quantitative estimate of drug-likeness (QED) is 0.458. The molecule has 3 atom stereocenters. The van der Waals surface area contributed by atoms with E-state index in [9.17, 15) is 5.11 Å². The summed E-state index contributed by atoms with van der Waals surface area (Å²) in [5, 5.41) is 12.2. The Hall–Kier alpha value is -2.58. The highest BCUT2D eigenvalue weighted by Crippen LogP contribution is 2.49. The molecule has 0 aliphatic heterocycles. The van der Waals surface area contributed by atoms with E-state index < -0.39 is 5.60 Å². The summed E-state index contributed by atoms with van der Waals surface area (Å²) in [6.07, 6.45) is 3.65. The molecule has 0 aromatic heterocycles. The molecule has 0 bridgehead atoms. The van der Waals surface area contributed by atoms with Crippen molar-refractivity contribution < 1.29 is 5.11 Å². The van der Waals surface area contributed by atoms with Crippen molar-refractivity contribution in [3.63, 3.8) is 0 Å². The predicted octanol–water partition coefficient (Wildman–Crippen LogP) is 7.06. The lowest BCUT2D eigenvalue weighted by molar-refractivity contribution is -0.0594. The lowest BCUT2D eigenvalue weighted by Crippen LogP contribution is -2.41. The first kappa shape index (κ1) is 23.6. The number of hydrogen-bond acceptors (Lipinski definition) is 2. The molecule has 1 aliphatic rings. The van der Waals surface area contributed by atoms with E-state index in [-0.39, 0.29) is 11.3 Å². The minimum atomic E-state index is -0.818. The molecule has 4 rings (SSSR count). The second-order valence-electron chi connectivity index (χ2n) is 11.1. The number of benzene rings is 3. The van der Waals surface area contributed by atoms with Gasteiger partial charge in [0.05, 0.1) is 5.60 Å². The van der Waals surface area contributed by atoms with E-state index in [0.717, 1.165) is 31.2 Å². The van der Waals surface area contributed by atoms with Crippen molar-refractivity contribution in [3.05, 3.63) is 101 Å². The number of anilines is 1. The van der Waals surface area contributed by atoms with Crippen LogP contribution in [0.15, 0.2) is 78.9 Å². The Bertz CT molecular complexity index is 1050. The van der Waals surface area contributed by atoms with Crippen LogP contribution in [0.2, 0.25) is 0 Å². The van der Waals surface area contributed by atoms with Gasteiger partial charge in [-0.15, -0.1) is 0 Å². The predicted molar refractivity (Wildman–Crippen MR) is 140 cm³/mol. The van der Waals surface area contributed by atoms with Crippen molar-refractivity contribution in [2.75, 3.05) is 19.0 Å². The normalized spacial score (nSPS) is 23.3. The molecule has 174 valence electrons. The Labute approximate surface area is 200 Å². The molecular formula is C31H39NO. The van der Waals surface area contributed by atoms with Gasteiger partial charge < -0.3 is 10.0 Å². The van der Waals surface area contributed by atoms with Gasteiger partial charge in [-0.1, -0.05) is 93.6 Å². The van der Waals surface area contributed by atoms with Gasteiger partial charge in [0.25, 0.3) is 0 Å². The number of para-hydroxylation sites is 1. The fourth-order valence-corrected chi connectivity index (χ4v) is 5.56. The Kier molecular flexibility index (Phi) is 6.68. The van der Waals surface area contributed by atoms with E-state index in [1.807, 2.05) is 0 Å². The summed E-state index contributed by atoms with van der Waals surface area (Å²) in [4.78, 5) is 2.18. The molecule has 0 radical (unpaired) electrons. The lowest BCUT2D eigenvalue weighted by atomic mass is 9.64. The van der Waals surface area contributed by atoms with Gasteiger partial charge in [-0.3, -0.25) is 0 Å². The summed E-state index contributed by atoms with van der Waals surface area (Å²) < 4.78 is 0. The Balaban J connectivity index is 1.70. The molecule has 0 spiro atoms. The van der Waals surface area contributed by atoms with Crippen molar-refractivity contribution in [1.82, 2.24) is 0 Å². The molecule has 3 aromatic carbocycles. The highest BCUT2D eigenvalue weighted by atomic mass is 16.3. The Morgan fingerprint density at radius 1 is 0.879 bits per heavy atom. The van der Waals surface area contributed by atoms with Crippen molar-refractivity contribution in [3.8, 4) is 0 Å². The number of nitrogens with zero attached hydrogens (tertiary/aromatic N) is 1. The molecule has 33 heavy (non-hydrogen) atoms. The van der Waals surface area contributed by atoms with Crippen LogP contribution in [0.3, 0.4) is 0 Å². The molecule has 1 N–H and O–H groups in total. The number of rotatable bonds is 5. The van der Waals surface area contributed by atoms with Gasteiger partial charge in [-0.2, -0.15) is 0 Å². The molecular weight excluding hydrogens is 402 g/mol. The SMILES string of the molecule is CN(C)c1ccccc1CC1CC(c2ccccc2)CCC1(O)c1ccc(C(C)(C)C)cc1. The molecule has 1 saturated carbocycles. The maximum Gasteiger partial charge on any atom is 0.0928 e. The van der Waals surface area contributed by atoms with Crippen LogP contribution in [0.5, 0.6) is 0 Å². The molecule has 1 aliphatic carbocycles. The standard InChI is InChI=1S/C31H39NO/c1-30(2,3)26-15-17-27(18-16-26)31(33)20-19-24(23-11-7-6-8-12-23)21-28(31)22-25-13-9-10-14-29(25)32(4)5/h6-18,24,28,33H,19-22H2,1-5H3. The van der Waals surface area contributed by atoms with Crippen LogP contribution < -0.4 is 4.90 Å². The summed E-state index contributed by atoms with van der Waals surface area (Å²) in [5.41, 5.74) is 5.61. The molecule has 1 fully saturated rings. The van der Waals surface area contributed by atoms with Gasteiger partial charge >= 0.3 is 0 Å². The van der Waals surface area contributed by atoms with Crippen LogP contribution in [0, 0.1) is 5.92 Å². The maximum atomic E-state index is 12.2. The second-order valence-corrected chi connectivity index (χ2v) is 11.1. The van der Waals surface area contributed by atoms with E-state index in [1.165, 1.54) is 22.4 Å². The van der Waals surface area contributed by atoms with Crippen LogP contribution in [-0.2, 0) is 17.4 Å². The van der Waals surface area contributed by atoms with E-state index in [1.54, 1.807) is 0 Å². The number of aliphatic hydroxyl groups is 1. The van der Waals surface area contributed by atoms with Crippen molar-refractivity contribution in [1.29, 1.82) is 0 Å². The molecule has 3 aromatic rings. The van der Waals surface area contributed by atoms with Gasteiger partial charge in [-0.25, -0.2) is 0 Å². The summed E-state index contributed by atoms with van der Waals surface area (Å²) in [5.74, 6) is 0.634. The third-order valence-electron chi connectivity index (χ3n) is 7.58. The van der Waals surface area contributed by atoms with Crippen LogP contribution in [0.1, 0.15) is 68.2 Å². The van der Waals surface area contributed by atoms with Crippen LogP contribution in [0.4, 0.5) is 5.69 Å². The van der Waals surface area contributed by atoms with Gasteiger partial charge in [-0.05, 0) is 71.3 Å². The minimum absolute atomic E-state index is 0.107. The first-order chi connectivity index (χ1) is 15.7. The van der Waals surface area contributed by atoms with Crippen LogP contribution >= 0.6 is 0 Å². The van der Waals surface area contributed by atoms with Crippen LogP contribution in [0.25, 0.3) is 0 Å². The van der Waals surface area contributed by atoms with E-state index in [0.29, 0.717) is 5.92 Å². The lowest BCUT2D eigenvalue weighted by Gasteiger charge is -2.44. The first-order valence-electron chi connectivity index (χ1n) is 12.3.